The first-order valence-electron chi connectivity index (χ1n) is 17.7. The van der Waals surface area contributed by atoms with Crippen LogP contribution in [0.3, 0.4) is 0 Å². The molecule has 7 N–H and O–H groups in total. The molecule has 1 aromatic rings. The number of nitrogens with zero attached hydrogens (tertiary/aromatic N) is 1. The maximum atomic E-state index is 14.1. The quantitative estimate of drug-likeness (QED) is 0.153. The molecule has 0 bridgehead atoms. The molecule has 0 spiro atoms. The molecule has 0 saturated carbocycles. The van der Waals surface area contributed by atoms with Gasteiger partial charge in [-0.25, -0.2) is 0 Å². The van der Waals surface area contributed by atoms with Crippen LogP contribution in [0, 0.1) is 5.92 Å². The van der Waals surface area contributed by atoms with E-state index in [0.29, 0.717) is 18.4 Å². The van der Waals surface area contributed by atoms with Crippen LogP contribution in [0.2, 0.25) is 0 Å². The molecule has 53 heavy (non-hydrogen) atoms. The predicted molar refractivity (Wildman–Crippen MR) is 193 cm³/mol. The summed E-state index contributed by atoms with van der Waals surface area (Å²) in [6, 6.07) is -0.248. The topological polar surface area (TPSA) is 249 Å². The molecule has 2 aliphatic heterocycles. The number of carbonyl (C=O) groups excluding carboxylic acids is 7. The van der Waals surface area contributed by atoms with Gasteiger partial charge in [0, 0.05) is 35.8 Å². The summed E-state index contributed by atoms with van der Waals surface area (Å²) in [5.41, 5.74) is 0.639. The van der Waals surface area contributed by atoms with Gasteiger partial charge in [0.15, 0.2) is 0 Å². The smallest absolute Gasteiger partial charge is 0.305 e. The molecule has 9 atom stereocenters. The second kappa shape index (κ2) is 19.8. The van der Waals surface area contributed by atoms with Gasteiger partial charge in [0.2, 0.25) is 41.4 Å². The van der Waals surface area contributed by atoms with Crippen molar-refractivity contribution >= 4 is 58.1 Å². The van der Waals surface area contributed by atoms with E-state index in [1.54, 1.807) is 37.3 Å². The number of carboxylic acid groups (broad SMARTS) is 1. The van der Waals surface area contributed by atoms with Gasteiger partial charge < -0.3 is 41.9 Å². The van der Waals surface area contributed by atoms with Crippen molar-refractivity contribution in [3.8, 4) is 0 Å². The number of benzene rings is 1. The molecule has 1 unspecified atom stereocenters. The highest BCUT2D eigenvalue weighted by Crippen LogP contribution is 2.22. The van der Waals surface area contributed by atoms with Crippen molar-refractivity contribution in [1.29, 1.82) is 0 Å². The van der Waals surface area contributed by atoms with E-state index in [-0.39, 0.29) is 37.5 Å². The third-order valence-corrected chi connectivity index (χ3v) is 10.2. The Balaban J connectivity index is 2.06. The third kappa shape index (κ3) is 12.4. The van der Waals surface area contributed by atoms with Crippen molar-refractivity contribution in [2.45, 2.75) is 109 Å². The lowest BCUT2D eigenvalue weighted by molar-refractivity contribution is -0.143. The summed E-state index contributed by atoms with van der Waals surface area (Å²) in [4.78, 5) is 108. The molecule has 2 saturated heterocycles. The first kappa shape index (κ1) is 42.5. The van der Waals surface area contributed by atoms with Gasteiger partial charge >= 0.3 is 5.97 Å². The van der Waals surface area contributed by atoms with Gasteiger partial charge in [0.05, 0.1) is 6.42 Å². The summed E-state index contributed by atoms with van der Waals surface area (Å²) in [5.74, 6) is -7.26. The summed E-state index contributed by atoms with van der Waals surface area (Å²) in [6.45, 7) is 6.47. The second-order valence-corrected chi connectivity index (χ2v) is 15.1. The maximum Gasteiger partial charge on any atom is 0.305 e. The van der Waals surface area contributed by atoms with E-state index < -0.39 is 107 Å². The minimum absolute atomic E-state index is 0.00486. The second-order valence-electron chi connectivity index (χ2n) is 13.6. The number of fused-ring (bicyclic) bond motifs is 1. The summed E-state index contributed by atoms with van der Waals surface area (Å²) in [5, 5.41) is 24.8. The summed E-state index contributed by atoms with van der Waals surface area (Å²) < 4.78 is 11.9. The molecule has 17 nitrogen and oxygen atoms in total. The molecule has 292 valence electrons. The van der Waals surface area contributed by atoms with E-state index >= 15 is 0 Å². The summed E-state index contributed by atoms with van der Waals surface area (Å²) in [7, 11) is -1.36. The van der Waals surface area contributed by atoms with Crippen molar-refractivity contribution in [2.24, 2.45) is 5.92 Å². The van der Waals surface area contributed by atoms with E-state index in [1.807, 2.05) is 6.92 Å². The molecule has 7 amide bonds. The van der Waals surface area contributed by atoms with Crippen LogP contribution in [0.15, 0.2) is 30.3 Å². The predicted octanol–water partition coefficient (Wildman–Crippen LogP) is -1.53. The molecule has 0 aliphatic carbocycles. The lowest BCUT2D eigenvalue weighted by Gasteiger charge is -2.32. The molecule has 18 heteroatoms. The lowest BCUT2D eigenvalue weighted by Crippen LogP contribution is -2.60. The van der Waals surface area contributed by atoms with E-state index in [4.69, 9.17) is 0 Å². The Labute approximate surface area is 311 Å². The highest BCUT2D eigenvalue weighted by molar-refractivity contribution is 7.84. The SMILES string of the molecule is CC[C@H](C)[C@@H]1NC(=O)[C@H](C)NC(=O)[C@H](CCS(C)=O)NC(=O)[C@H](C)NC(=O)[C@H](CC(=O)O)NC(=O)[C@H](Cc2ccccc2)NC(=O)[C@@H]2CCCN2C1=O. The monoisotopic (exact) mass is 761 g/mol. The van der Waals surface area contributed by atoms with Gasteiger partial charge in [-0.05, 0) is 44.6 Å². The average molecular weight is 762 g/mol. The van der Waals surface area contributed by atoms with Crippen LogP contribution in [0.4, 0.5) is 0 Å². The molecule has 0 aromatic heterocycles. The highest BCUT2D eigenvalue weighted by atomic mass is 32.2. The molecule has 2 fully saturated rings. The minimum Gasteiger partial charge on any atom is -0.481 e. The summed E-state index contributed by atoms with van der Waals surface area (Å²) in [6.07, 6.45) is 1.60. The Bertz CT molecular complexity index is 1560. The van der Waals surface area contributed by atoms with Gasteiger partial charge in [-0.2, -0.15) is 0 Å². The van der Waals surface area contributed by atoms with Crippen molar-refractivity contribution in [3.63, 3.8) is 0 Å². The Morgan fingerprint density at radius 1 is 0.811 bits per heavy atom. The number of hydrogen-bond acceptors (Lipinski definition) is 9. The zero-order valence-corrected chi connectivity index (χ0v) is 31.5. The van der Waals surface area contributed by atoms with E-state index in [1.165, 1.54) is 25.0 Å². The number of aliphatic carboxylic acids is 1. The number of carboxylic acids is 1. The van der Waals surface area contributed by atoms with Crippen molar-refractivity contribution in [1.82, 2.24) is 36.8 Å². The van der Waals surface area contributed by atoms with Crippen molar-refractivity contribution < 1.29 is 47.7 Å². The van der Waals surface area contributed by atoms with E-state index in [2.05, 4.69) is 31.9 Å². The fraction of sp³-hybridized carbons (Fsp3) is 0.600. The Hall–Kier alpha value is -4.87. The van der Waals surface area contributed by atoms with Crippen LogP contribution in [-0.4, -0.2) is 122 Å². The van der Waals surface area contributed by atoms with E-state index in [0.717, 1.165) is 0 Å². The largest absolute Gasteiger partial charge is 0.481 e. The fourth-order valence-corrected chi connectivity index (χ4v) is 6.60. The zero-order chi connectivity index (χ0) is 39.4. The van der Waals surface area contributed by atoms with Gasteiger partial charge in [-0.15, -0.1) is 0 Å². The third-order valence-electron chi connectivity index (χ3n) is 9.37. The van der Waals surface area contributed by atoms with Crippen LogP contribution >= 0.6 is 0 Å². The van der Waals surface area contributed by atoms with Crippen molar-refractivity contribution in [2.75, 3.05) is 18.6 Å². The lowest BCUT2D eigenvalue weighted by atomic mass is 9.96. The number of carbonyl (C=O) groups is 8. The fourth-order valence-electron chi connectivity index (χ4n) is 6.03. The summed E-state index contributed by atoms with van der Waals surface area (Å²) >= 11 is 0. The number of hydrogen-bond donors (Lipinski definition) is 7. The molecule has 0 radical (unpaired) electrons. The van der Waals surface area contributed by atoms with Gasteiger partial charge in [0.25, 0.3) is 0 Å². The Kier molecular flexibility index (Phi) is 15.9. The number of amides is 7. The molecular weight excluding hydrogens is 710 g/mol. The number of rotatable bonds is 9. The molecule has 1 aromatic carbocycles. The van der Waals surface area contributed by atoms with Crippen LogP contribution in [-0.2, 0) is 55.6 Å². The van der Waals surface area contributed by atoms with Crippen LogP contribution in [0.25, 0.3) is 0 Å². The van der Waals surface area contributed by atoms with Gasteiger partial charge in [-0.3, -0.25) is 42.6 Å². The average Bonchev–Trinajstić information content (AvgIpc) is 3.61. The molecule has 2 heterocycles. The van der Waals surface area contributed by atoms with E-state index in [9.17, 15) is 47.7 Å². The Morgan fingerprint density at radius 3 is 1.94 bits per heavy atom. The van der Waals surface area contributed by atoms with Crippen molar-refractivity contribution in [3.05, 3.63) is 35.9 Å². The first-order chi connectivity index (χ1) is 25.0. The highest BCUT2D eigenvalue weighted by Gasteiger charge is 2.41. The molecular formula is C35H51N7O10S. The normalized spacial score (nSPS) is 28.1. The number of nitrogens with one attached hydrogen (secondary N) is 6. The standard InChI is InChI=1S/C35H51N7O10S/c1-6-19(2)28-35(51)42-15-10-13-26(42)34(50)40-24(17-22-11-8-7-9-12-22)33(49)39-25(18-27(43)44)32(48)37-20(3)29(45)38-23(14-16-53(5)52)31(47)36-21(4)30(46)41-28/h7-9,11-12,19-21,23-26,28H,6,10,13-18H2,1-5H3,(H,36,47)(H,37,48)(H,38,45)(H,39,49)(H,40,50)(H,41,46)(H,43,44)/t19-,20-,21-,23-,24-,25-,26-,28-,53?/m0/s1. The van der Waals surface area contributed by atoms with Gasteiger partial charge in [0.1, 0.15) is 42.3 Å². The Morgan fingerprint density at radius 2 is 1.36 bits per heavy atom. The van der Waals surface area contributed by atoms with Crippen LogP contribution in [0.1, 0.15) is 65.4 Å². The molecule has 3 rings (SSSR count). The zero-order valence-electron chi connectivity index (χ0n) is 30.6. The van der Waals surface area contributed by atoms with Gasteiger partial charge in [-0.1, -0.05) is 50.6 Å². The van der Waals surface area contributed by atoms with Crippen LogP contribution < -0.4 is 31.9 Å². The maximum absolute atomic E-state index is 14.1. The first-order valence-corrected chi connectivity index (χ1v) is 19.4. The van der Waals surface area contributed by atoms with Crippen LogP contribution in [0.5, 0.6) is 0 Å². The minimum atomic E-state index is -1.68. The molecule has 2 aliphatic rings.